The average molecular weight is 563 g/mol. The van der Waals surface area contributed by atoms with E-state index >= 15 is 0 Å². The second-order valence-electron chi connectivity index (χ2n) is 7.71. The Bertz CT molecular complexity index is 1080. The molecule has 2 N–H and O–H groups in total. The van der Waals surface area contributed by atoms with Crippen LogP contribution in [0.5, 0.6) is 5.75 Å². The molecule has 2 aromatic carbocycles. The van der Waals surface area contributed by atoms with E-state index in [2.05, 4.69) is 25.4 Å². The van der Waals surface area contributed by atoms with Gasteiger partial charge >= 0.3 is 0 Å². The Morgan fingerprint density at radius 1 is 0.909 bits per heavy atom. The van der Waals surface area contributed by atoms with Crippen molar-refractivity contribution in [2.45, 2.75) is 25.7 Å². The Labute approximate surface area is 206 Å². The summed E-state index contributed by atoms with van der Waals surface area (Å²) in [5.41, 5.74) is 1.82. The molecule has 0 fully saturated rings. The van der Waals surface area contributed by atoms with Crippen molar-refractivity contribution >= 4 is 53.0 Å². The highest BCUT2D eigenvalue weighted by atomic mass is 79.9. The minimum Gasteiger partial charge on any atom is -0.490 e. The summed E-state index contributed by atoms with van der Waals surface area (Å²) in [6.45, 7) is 0.884. The summed E-state index contributed by atoms with van der Waals surface area (Å²) in [6.07, 6.45) is 4.70. The van der Waals surface area contributed by atoms with Gasteiger partial charge < -0.3 is 9.64 Å². The summed E-state index contributed by atoms with van der Waals surface area (Å²) in [5, 5.41) is 0.943. The summed E-state index contributed by atoms with van der Waals surface area (Å²) in [5.74, 6) is 0.567. The first-order valence-electron chi connectivity index (χ1n) is 10.7. The summed E-state index contributed by atoms with van der Waals surface area (Å²) in [7, 11) is -4.86. The number of nitrogens with one attached hydrogen (secondary N) is 2. The number of ether oxygens (including phenoxy) is 1. The van der Waals surface area contributed by atoms with Crippen LogP contribution in [0.2, 0.25) is 0 Å². The zero-order valence-electron chi connectivity index (χ0n) is 19.0. The van der Waals surface area contributed by atoms with Crippen LogP contribution in [0.25, 0.3) is 0 Å². The van der Waals surface area contributed by atoms with Crippen LogP contribution in [0.15, 0.2) is 48.5 Å². The average Bonchev–Trinajstić information content (AvgIpc) is 2.74. The zero-order chi connectivity index (χ0) is 24.3. The van der Waals surface area contributed by atoms with Gasteiger partial charge in [0.2, 0.25) is 20.0 Å². The van der Waals surface area contributed by atoms with Gasteiger partial charge in [-0.3, -0.25) is 9.44 Å². The fourth-order valence-electron chi connectivity index (χ4n) is 3.05. The molecule has 0 unspecified atom stereocenters. The Balaban J connectivity index is 1.84. The quantitative estimate of drug-likeness (QED) is 0.248. The molecular weight excluding hydrogens is 530 g/mol. The third-order valence-electron chi connectivity index (χ3n) is 4.74. The lowest BCUT2D eigenvalue weighted by molar-refractivity contribution is 0.327. The van der Waals surface area contributed by atoms with Crippen molar-refractivity contribution in [3.8, 4) is 5.75 Å². The topological polar surface area (TPSA) is 105 Å². The first-order chi connectivity index (χ1) is 15.6. The maximum Gasteiger partial charge on any atom is 0.232 e. The summed E-state index contributed by atoms with van der Waals surface area (Å²) in [4.78, 5) is 1.97. The molecule has 2 aromatic rings. The maximum atomic E-state index is 12.3. The molecule has 0 atom stereocenters. The Morgan fingerprint density at radius 3 is 2.24 bits per heavy atom. The van der Waals surface area contributed by atoms with Crippen molar-refractivity contribution in [1.82, 2.24) is 0 Å². The van der Waals surface area contributed by atoms with Gasteiger partial charge in [-0.1, -0.05) is 40.9 Å². The zero-order valence-corrected chi connectivity index (χ0v) is 22.2. The van der Waals surface area contributed by atoms with E-state index in [0.29, 0.717) is 36.7 Å². The van der Waals surface area contributed by atoms with Crippen molar-refractivity contribution in [2.75, 3.05) is 51.9 Å². The fourth-order valence-corrected chi connectivity index (χ4v) is 5.20. The molecule has 11 heteroatoms. The second kappa shape index (κ2) is 13.0. The Kier molecular flexibility index (Phi) is 10.8. The van der Waals surface area contributed by atoms with E-state index < -0.39 is 20.0 Å². The van der Waals surface area contributed by atoms with Crippen LogP contribution in [0, 0.1) is 0 Å². The Hall–Kier alpha value is -1.98. The van der Waals surface area contributed by atoms with E-state index in [0.717, 1.165) is 36.5 Å². The van der Waals surface area contributed by atoms with Crippen molar-refractivity contribution in [1.29, 1.82) is 0 Å². The first kappa shape index (κ1) is 27.3. The van der Waals surface area contributed by atoms with Gasteiger partial charge in [0.15, 0.2) is 0 Å². The van der Waals surface area contributed by atoms with E-state index in [-0.39, 0.29) is 5.75 Å². The van der Waals surface area contributed by atoms with Crippen LogP contribution >= 0.6 is 15.9 Å². The number of rotatable bonds is 15. The minimum atomic E-state index is -3.40. The molecule has 0 aliphatic rings. The number of sulfonamides is 2. The molecule has 33 heavy (non-hydrogen) atoms. The van der Waals surface area contributed by atoms with E-state index in [9.17, 15) is 16.8 Å². The lowest BCUT2D eigenvalue weighted by Crippen LogP contribution is -2.24. The molecule has 0 aromatic heterocycles. The molecule has 0 spiro atoms. The molecule has 0 bridgehead atoms. The predicted molar refractivity (Wildman–Crippen MR) is 140 cm³/mol. The third kappa shape index (κ3) is 10.7. The van der Waals surface area contributed by atoms with Gasteiger partial charge in [-0.05, 0) is 49.2 Å². The standard InChI is InChI=1S/C22H32BrN3O5S2/c1-26(16-17-31-22-10-6-5-9-21(22)25-32(2,27)28)20-13-11-19(12-14-20)24-33(29,30)18-8-4-3-7-15-23/h5-6,9-14,24-25H,3-4,7-8,15-18H2,1-2H3. The van der Waals surface area contributed by atoms with Gasteiger partial charge in [0.05, 0.1) is 24.2 Å². The predicted octanol–water partition coefficient (Wildman–Crippen LogP) is 4.27. The molecule has 0 radical (unpaired) electrons. The number of para-hydroxylation sites is 2. The number of halogens is 1. The van der Waals surface area contributed by atoms with Crippen molar-refractivity contribution in [2.24, 2.45) is 0 Å². The number of hydrogen-bond acceptors (Lipinski definition) is 6. The number of alkyl halides is 1. The number of hydrogen-bond donors (Lipinski definition) is 2. The van der Waals surface area contributed by atoms with Crippen LogP contribution in [-0.4, -0.2) is 54.4 Å². The summed E-state index contributed by atoms with van der Waals surface area (Å²) >= 11 is 3.37. The summed E-state index contributed by atoms with van der Waals surface area (Å²) in [6, 6.07) is 14.0. The van der Waals surface area contributed by atoms with Crippen LogP contribution in [0.1, 0.15) is 25.7 Å². The second-order valence-corrected chi connectivity index (χ2v) is 12.1. The van der Waals surface area contributed by atoms with E-state index in [1.54, 1.807) is 36.4 Å². The monoisotopic (exact) mass is 561 g/mol. The number of benzene rings is 2. The highest BCUT2D eigenvalue weighted by molar-refractivity contribution is 9.09. The molecule has 0 aliphatic heterocycles. The van der Waals surface area contributed by atoms with Crippen molar-refractivity contribution < 1.29 is 21.6 Å². The van der Waals surface area contributed by atoms with Gasteiger partial charge in [0.25, 0.3) is 0 Å². The van der Waals surface area contributed by atoms with Gasteiger partial charge in [-0.2, -0.15) is 0 Å². The number of anilines is 3. The molecule has 0 heterocycles. The molecule has 8 nitrogen and oxygen atoms in total. The Morgan fingerprint density at radius 2 is 1.58 bits per heavy atom. The highest BCUT2D eigenvalue weighted by Crippen LogP contribution is 2.25. The van der Waals surface area contributed by atoms with Gasteiger partial charge in [-0.25, -0.2) is 16.8 Å². The SMILES string of the molecule is CN(CCOc1ccccc1NS(C)(=O)=O)c1ccc(NS(=O)(=O)CCCCCCBr)cc1. The third-order valence-corrected chi connectivity index (χ3v) is 7.27. The van der Waals surface area contributed by atoms with E-state index in [1.165, 1.54) is 0 Å². The van der Waals surface area contributed by atoms with Crippen LogP contribution < -0.4 is 19.1 Å². The van der Waals surface area contributed by atoms with Gasteiger partial charge in [0.1, 0.15) is 12.4 Å². The van der Waals surface area contributed by atoms with Crippen LogP contribution in [0.4, 0.5) is 17.1 Å². The number of nitrogens with zero attached hydrogens (tertiary/aromatic N) is 1. The lowest BCUT2D eigenvalue weighted by atomic mass is 10.2. The minimum absolute atomic E-state index is 0.115. The first-order valence-corrected chi connectivity index (χ1v) is 15.3. The van der Waals surface area contributed by atoms with E-state index in [4.69, 9.17) is 4.74 Å². The summed E-state index contributed by atoms with van der Waals surface area (Å²) < 4.78 is 58.3. The van der Waals surface area contributed by atoms with Crippen molar-refractivity contribution in [3.05, 3.63) is 48.5 Å². The molecule has 0 saturated carbocycles. The van der Waals surface area contributed by atoms with Gasteiger partial charge in [0, 0.05) is 23.8 Å². The van der Waals surface area contributed by atoms with Crippen molar-refractivity contribution in [3.63, 3.8) is 0 Å². The van der Waals surface area contributed by atoms with Gasteiger partial charge in [-0.15, -0.1) is 0 Å². The van der Waals surface area contributed by atoms with Crippen LogP contribution in [0.3, 0.4) is 0 Å². The molecular formula is C22H32BrN3O5S2. The van der Waals surface area contributed by atoms with Crippen LogP contribution in [-0.2, 0) is 20.0 Å². The smallest absolute Gasteiger partial charge is 0.232 e. The normalized spacial score (nSPS) is 11.7. The highest BCUT2D eigenvalue weighted by Gasteiger charge is 2.11. The molecule has 184 valence electrons. The number of likely N-dealkylation sites (N-methyl/N-ethyl adjacent to an activating group) is 1. The molecule has 2 rings (SSSR count). The lowest BCUT2D eigenvalue weighted by Gasteiger charge is -2.20. The van der Waals surface area contributed by atoms with E-state index in [1.807, 2.05) is 24.1 Å². The number of unbranched alkanes of at least 4 members (excludes halogenated alkanes) is 3. The fraction of sp³-hybridized carbons (Fsp3) is 0.455. The maximum absolute atomic E-state index is 12.3. The molecule has 0 amide bonds. The molecule has 0 saturated heterocycles. The largest absolute Gasteiger partial charge is 0.490 e. The molecule has 0 aliphatic carbocycles.